The van der Waals surface area contributed by atoms with E-state index < -0.39 is 26.0 Å². The van der Waals surface area contributed by atoms with E-state index in [4.69, 9.17) is 9.47 Å². The summed E-state index contributed by atoms with van der Waals surface area (Å²) >= 11 is 0. The first-order valence-electron chi connectivity index (χ1n) is 11.6. The van der Waals surface area contributed by atoms with Crippen molar-refractivity contribution in [3.63, 3.8) is 0 Å². The molecular weight excluding hydrogens is 544 g/mol. The monoisotopic (exact) mass is 570 g/mol. The van der Waals surface area contributed by atoms with Gasteiger partial charge in [-0.15, -0.1) is 0 Å². The zero-order valence-corrected chi connectivity index (χ0v) is 22.7. The number of hydrogen-bond acceptors (Lipinski definition) is 7. The Hall–Kier alpha value is -4.29. The van der Waals surface area contributed by atoms with Crippen molar-refractivity contribution in [2.45, 2.75) is 22.6 Å². The summed E-state index contributed by atoms with van der Waals surface area (Å²) in [6, 6.07) is 19.7. The van der Waals surface area contributed by atoms with Gasteiger partial charge in [0.1, 0.15) is 11.5 Å². The van der Waals surface area contributed by atoms with Crippen molar-refractivity contribution in [1.29, 1.82) is 0 Å². The molecule has 12 heteroatoms. The number of hydrogen-bond donors (Lipinski definition) is 3. The Morgan fingerprint density at radius 3 is 1.72 bits per heavy atom. The molecule has 0 radical (unpaired) electrons. The van der Waals surface area contributed by atoms with Gasteiger partial charge >= 0.3 is 5.97 Å². The van der Waals surface area contributed by atoms with E-state index in [-0.39, 0.29) is 34.0 Å². The maximum atomic E-state index is 13.3. The lowest BCUT2D eigenvalue weighted by atomic mass is 9.99. The molecule has 0 spiro atoms. The molecule has 0 aliphatic carbocycles. The Balaban J connectivity index is 1.82. The molecule has 0 aromatic heterocycles. The van der Waals surface area contributed by atoms with Crippen LogP contribution >= 0.6 is 0 Å². The number of anilines is 2. The van der Waals surface area contributed by atoms with Gasteiger partial charge in [0, 0.05) is 17.2 Å². The highest BCUT2D eigenvalue weighted by Crippen LogP contribution is 2.37. The summed E-state index contributed by atoms with van der Waals surface area (Å²) < 4.78 is 68.3. The molecule has 4 rings (SSSR count). The SMILES string of the molecule is COc1ccc(S(=O)(=O)Nc2cc(CCC(=O)O)c(NS(=O)(=O)c3ccc(OC)cc3)c3ccccc23)cc1. The fourth-order valence-electron chi connectivity index (χ4n) is 3.98. The minimum Gasteiger partial charge on any atom is -0.497 e. The minimum absolute atomic E-state index is 0.0104. The number of fused-ring (bicyclic) bond motifs is 1. The third-order valence-corrected chi connectivity index (χ3v) is 8.70. The summed E-state index contributed by atoms with van der Waals surface area (Å²) in [6.07, 6.45) is -0.363. The van der Waals surface area contributed by atoms with E-state index in [1.165, 1.54) is 68.8 Å². The molecule has 204 valence electrons. The number of carboxylic acid groups (broad SMARTS) is 1. The predicted octanol–water partition coefficient (Wildman–Crippen LogP) is 4.48. The van der Waals surface area contributed by atoms with Gasteiger partial charge in [-0.3, -0.25) is 14.2 Å². The van der Waals surface area contributed by atoms with E-state index >= 15 is 0 Å². The molecular formula is C27H26N2O8S2. The number of nitrogens with one attached hydrogen (secondary N) is 2. The first kappa shape index (κ1) is 27.7. The molecule has 0 saturated carbocycles. The summed E-state index contributed by atoms with van der Waals surface area (Å²) in [5.74, 6) is -0.119. The van der Waals surface area contributed by atoms with Gasteiger partial charge in [0.2, 0.25) is 0 Å². The van der Waals surface area contributed by atoms with Crippen molar-refractivity contribution in [1.82, 2.24) is 0 Å². The van der Waals surface area contributed by atoms with E-state index in [9.17, 15) is 26.7 Å². The molecule has 0 atom stereocenters. The molecule has 0 heterocycles. The highest BCUT2D eigenvalue weighted by atomic mass is 32.2. The number of benzene rings is 4. The van der Waals surface area contributed by atoms with E-state index in [0.29, 0.717) is 27.8 Å². The smallest absolute Gasteiger partial charge is 0.303 e. The molecule has 0 unspecified atom stereocenters. The topological polar surface area (TPSA) is 148 Å². The summed E-state index contributed by atoms with van der Waals surface area (Å²) in [7, 11) is -5.21. The summed E-state index contributed by atoms with van der Waals surface area (Å²) in [5.41, 5.74) is 0.643. The molecule has 0 aliphatic rings. The lowest BCUT2D eigenvalue weighted by molar-refractivity contribution is -0.136. The van der Waals surface area contributed by atoms with Crippen molar-refractivity contribution in [2.24, 2.45) is 0 Å². The van der Waals surface area contributed by atoms with Crippen LogP contribution in [0.1, 0.15) is 12.0 Å². The number of ether oxygens (including phenoxy) is 2. The zero-order valence-electron chi connectivity index (χ0n) is 21.0. The molecule has 0 fully saturated rings. The van der Waals surface area contributed by atoms with Gasteiger partial charge in [-0.05, 0) is 66.6 Å². The zero-order chi connectivity index (χ0) is 28.2. The van der Waals surface area contributed by atoms with Crippen molar-refractivity contribution >= 4 is 48.2 Å². The number of sulfonamides is 2. The van der Waals surface area contributed by atoms with Crippen molar-refractivity contribution in [2.75, 3.05) is 23.7 Å². The first-order valence-corrected chi connectivity index (χ1v) is 14.6. The van der Waals surface area contributed by atoms with Crippen LogP contribution in [0.15, 0.2) is 88.7 Å². The largest absolute Gasteiger partial charge is 0.497 e. The van der Waals surface area contributed by atoms with Gasteiger partial charge in [0.15, 0.2) is 0 Å². The Bertz CT molecular complexity index is 1720. The van der Waals surface area contributed by atoms with Gasteiger partial charge in [-0.1, -0.05) is 24.3 Å². The normalized spacial score (nSPS) is 11.6. The number of aliphatic carboxylic acids is 1. The van der Waals surface area contributed by atoms with Gasteiger partial charge in [0.25, 0.3) is 20.0 Å². The highest BCUT2D eigenvalue weighted by Gasteiger charge is 2.22. The molecule has 4 aromatic rings. The molecule has 0 bridgehead atoms. The van der Waals surface area contributed by atoms with Crippen LogP contribution in [0.3, 0.4) is 0 Å². The van der Waals surface area contributed by atoms with Crippen LogP contribution in [0.5, 0.6) is 11.5 Å². The Morgan fingerprint density at radius 2 is 1.23 bits per heavy atom. The van der Waals surface area contributed by atoms with E-state index in [0.717, 1.165) is 0 Å². The van der Waals surface area contributed by atoms with Crippen molar-refractivity contribution < 1.29 is 36.2 Å². The van der Waals surface area contributed by atoms with Crippen LogP contribution in [-0.2, 0) is 31.3 Å². The van der Waals surface area contributed by atoms with Crippen molar-refractivity contribution in [3.8, 4) is 11.5 Å². The average Bonchev–Trinajstić information content (AvgIpc) is 2.93. The van der Waals surface area contributed by atoms with Crippen molar-refractivity contribution in [3.05, 3.63) is 84.4 Å². The maximum absolute atomic E-state index is 13.3. The standard InChI is InChI=1S/C27H26N2O8S2/c1-36-19-8-12-21(13-9-19)38(32,33)28-25-17-18(7-16-26(30)31)27(24-6-4-3-5-23(24)25)29-39(34,35)22-14-10-20(37-2)11-15-22/h3-6,8-15,17,28-29H,7,16H2,1-2H3,(H,30,31). The number of aryl methyl sites for hydroxylation is 1. The number of carbonyl (C=O) groups is 1. The molecule has 0 amide bonds. The third-order valence-electron chi connectivity index (χ3n) is 5.95. The third kappa shape index (κ3) is 6.24. The molecule has 39 heavy (non-hydrogen) atoms. The molecule has 10 nitrogen and oxygen atoms in total. The number of rotatable bonds is 11. The molecule has 4 aromatic carbocycles. The van der Waals surface area contributed by atoms with Crippen LogP contribution in [0.4, 0.5) is 11.4 Å². The van der Waals surface area contributed by atoms with Crippen LogP contribution in [0.25, 0.3) is 10.8 Å². The average molecular weight is 571 g/mol. The van der Waals surface area contributed by atoms with E-state index in [1.807, 2.05) is 0 Å². The van der Waals surface area contributed by atoms with Gasteiger partial charge in [0.05, 0.1) is 35.4 Å². The summed E-state index contributed by atoms with van der Waals surface area (Å²) in [4.78, 5) is 11.4. The maximum Gasteiger partial charge on any atom is 0.303 e. The van der Waals surface area contributed by atoms with Crippen LogP contribution in [0.2, 0.25) is 0 Å². The molecule has 0 saturated heterocycles. The quantitative estimate of drug-likeness (QED) is 0.239. The second kappa shape index (κ2) is 11.2. The fourth-order valence-corrected chi connectivity index (χ4v) is 6.18. The lowest BCUT2D eigenvalue weighted by Crippen LogP contribution is -2.17. The Morgan fingerprint density at radius 1 is 0.744 bits per heavy atom. The summed E-state index contributed by atoms with van der Waals surface area (Å²) in [6.45, 7) is 0. The Labute approximate surface area is 226 Å². The second-order valence-electron chi connectivity index (χ2n) is 8.46. The lowest BCUT2D eigenvalue weighted by Gasteiger charge is -2.19. The second-order valence-corrected chi connectivity index (χ2v) is 11.8. The molecule has 3 N–H and O–H groups in total. The fraction of sp³-hybridized carbons (Fsp3) is 0.148. The number of carboxylic acids is 1. The first-order chi connectivity index (χ1) is 18.5. The van der Waals surface area contributed by atoms with Crippen LogP contribution in [0, 0.1) is 0 Å². The van der Waals surface area contributed by atoms with Gasteiger partial charge in [-0.25, -0.2) is 16.8 Å². The van der Waals surface area contributed by atoms with E-state index in [2.05, 4.69) is 9.44 Å². The van der Waals surface area contributed by atoms with E-state index in [1.54, 1.807) is 24.3 Å². The number of methoxy groups -OCH3 is 2. The van der Waals surface area contributed by atoms with Crippen LogP contribution in [-0.4, -0.2) is 42.1 Å². The van der Waals surface area contributed by atoms with Crippen LogP contribution < -0.4 is 18.9 Å². The summed E-state index contributed by atoms with van der Waals surface area (Å²) in [5, 5.41) is 10.1. The minimum atomic E-state index is -4.09. The highest BCUT2D eigenvalue weighted by molar-refractivity contribution is 7.93. The van der Waals surface area contributed by atoms with Gasteiger partial charge < -0.3 is 14.6 Å². The van der Waals surface area contributed by atoms with Gasteiger partial charge in [-0.2, -0.15) is 0 Å². The predicted molar refractivity (Wildman–Crippen MR) is 148 cm³/mol. The Kier molecular flexibility index (Phi) is 7.98. The molecule has 0 aliphatic heterocycles.